The van der Waals surface area contributed by atoms with Crippen LogP contribution in [0.2, 0.25) is 5.02 Å². The normalized spacial score (nSPS) is 13.2. The Kier molecular flexibility index (Phi) is 6.18. The number of carbonyl (C=O) groups is 2. The average Bonchev–Trinajstić information content (AvgIpc) is 3.02. The average molecular weight is 383 g/mol. The highest BCUT2D eigenvalue weighted by atomic mass is 35.5. The molecule has 2 aromatic rings. The molecule has 0 saturated heterocycles. The van der Waals surface area contributed by atoms with Gasteiger partial charge in [-0.3, -0.25) is 14.7 Å². The number of rotatable bonds is 8. The predicted molar refractivity (Wildman–Crippen MR) is 93.5 cm³/mol. The number of nitrogens with zero attached hydrogens (tertiary/aromatic N) is 2. The highest BCUT2D eigenvalue weighted by Crippen LogP contribution is 2.28. The number of hydrogen-bond donors (Lipinski definition) is 4. The maximum Gasteiger partial charge on any atom is 0.320 e. The van der Waals surface area contributed by atoms with Crippen LogP contribution in [-0.4, -0.2) is 48.6 Å². The second-order valence-corrected chi connectivity index (χ2v) is 6.63. The van der Waals surface area contributed by atoms with E-state index in [9.17, 15) is 14.7 Å². The fourth-order valence-electron chi connectivity index (χ4n) is 1.93. The van der Waals surface area contributed by atoms with Gasteiger partial charge in [-0.15, -0.1) is 5.10 Å². The lowest BCUT2D eigenvalue weighted by Crippen LogP contribution is -2.35. The van der Waals surface area contributed by atoms with E-state index in [4.69, 9.17) is 22.4 Å². The van der Waals surface area contributed by atoms with Crippen LogP contribution in [0.15, 0.2) is 36.0 Å². The Balaban J connectivity index is 2.14. The number of H-pyrrole nitrogens is 1. The third-order valence-corrected chi connectivity index (χ3v) is 4.66. The number of carboxylic acids is 2. The summed E-state index contributed by atoms with van der Waals surface area (Å²) in [5, 5.41) is 24.2. The number of nitrogens with two attached hydrogens (primary N) is 1. The Hall–Kier alpha value is -2.36. The predicted octanol–water partition coefficient (Wildman–Crippen LogP) is 1.87. The molecule has 0 fully saturated rings. The smallest absolute Gasteiger partial charge is 0.320 e. The molecule has 0 spiro atoms. The number of halogens is 1. The molecule has 0 aliphatic carbocycles. The van der Waals surface area contributed by atoms with Crippen LogP contribution < -0.4 is 5.73 Å². The first-order valence-electron chi connectivity index (χ1n) is 7.04. The molecule has 1 aromatic carbocycles. The van der Waals surface area contributed by atoms with Crippen LogP contribution in [-0.2, 0) is 9.59 Å². The lowest BCUT2D eigenvalue weighted by Gasteiger charge is -2.12. The van der Waals surface area contributed by atoms with E-state index in [-0.39, 0.29) is 11.6 Å². The summed E-state index contributed by atoms with van der Waals surface area (Å²) in [5.74, 6) is -2.13. The van der Waals surface area contributed by atoms with Crippen LogP contribution in [0, 0.1) is 0 Å². The van der Waals surface area contributed by atoms with Crippen LogP contribution in [0.5, 0.6) is 0 Å². The van der Waals surface area contributed by atoms with Gasteiger partial charge in [0.15, 0.2) is 5.82 Å². The van der Waals surface area contributed by atoms with Gasteiger partial charge >= 0.3 is 11.9 Å². The molecule has 2 atom stereocenters. The maximum absolute atomic E-state index is 11.3. The van der Waals surface area contributed by atoms with Crippen molar-refractivity contribution in [3.05, 3.63) is 47.3 Å². The Morgan fingerprint density at radius 2 is 2.00 bits per heavy atom. The first kappa shape index (κ1) is 19.0. The zero-order valence-corrected chi connectivity index (χ0v) is 14.4. The van der Waals surface area contributed by atoms with Crippen molar-refractivity contribution >= 4 is 40.9 Å². The number of aromatic amines is 1. The van der Waals surface area contributed by atoms with Crippen molar-refractivity contribution in [3.63, 3.8) is 0 Å². The van der Waals surface area contributed by atoms with Gasteiger partial charge in [0.1, 0.15) is 11.3 Å². The fourth-order valence-corrected chi connectivity index (χ4v) is 3.08. The minimum atomic E-state index is -1.29. The molecule has 132 valence electrons. The Morgan fingerprint density at radius 3 is 2.60 bits per heavy atom. The van der Waals surface area contributed by atoms with Crippen LogP contribution in [0.1, 0.15) is 17.8 Å². The molecule has 0 aliphatic heterocycles. The van der Waals surface area contributed by atoms with Crippen LogP contribution >= 0.6 is 23.4 Å². The highest BCUT2D eigenvalue weighted by Gasteiger charge is 2.27. The minimum absolute atomic E-state index is 0.146. The van der Waals surface area contributed by atoms with Crippen molar-refractivity contribution in [2.75, 3.05) is 0 Å². The van der Waals surface area contributed by atoms with Crippen LogP contribution in [0.3, 0.4) is 0 Å². The van der Waals surface area contributed by atoms with E-state index in [0.29, 0.717) is 22.0 Å². The molecule has 0 bridgehead atoms. The second-order valence-electron chi connectivity index (χ2n) is 5.05. The molecule has 0 radical (unpaired) electrons. The number of nitrogens with one attached hydrogen (secondary N) is 1. The van der Waals surface area contributed by atoms with Gasteiger partial charge < -0.3 is 15.9 Å². The van der Waals surface area contributed by atoms with Crippen molar-refractivity contribution in [3.8, 4) is 0 Å². The topological polar surface area (TPSA) is 142 Å². The SMILES string of the molecule is C=C(c1nc(SC(C[C@H](N)C(=O)O)C(=O)O)n[nH]1)c1ccccc1Cl. The van der Waals surface area contributed by atoms with E-state index in [0.717, 1.165) is 11.8 Å². The van der Waals surface area contributed by atoms with Gasteiger partial charge in [-0.25, -0.2) is 4.98 Å². The van der Waals surface area contributed by atoms with Crippen molar-refractivity contribution in [2.45, 2.75) is 22.9 Å². The summed E-state index contributed by atoms with van der Waals surface area (Å²) in [7, 11) is 0. The second kappa shape index (κ2) is 8.15. The standard InChI is InChI=1S/C15H15ClN4O4S/c1-7(8-4-2-3-5-9(8)16)12-18-15(20-19-12)25-11(14(23)24)6-10(17)13(21)22/h2-5,10-11H,1,6,17H2,(H,21,22)(H,23,24)(H,18,19,20)/t10-,11?/m0/s1. The Morgan fingerprint density at radius 1 is 1.32 bits per heavy atom. The van der Waals surface area contributed by atoms with Gasteiger partial charge in [-0.05, 0) is 12.5 Å². The minimum Gasteiger partial charge on any atom is -0.480 e. The van der Waals surface area contributed by atoms with Crippen molar-refractivity contribution in [1.82, 2.24) is 15.2 Å². The van der Waals surface area contributed by atoms with Gasteiger partial charge in [0, 0.05) is 16.2 Å². The molecule has 1 heterocycles. The van der Waals surface area contributed by atoms with Gasteiger partial charge in [-0.1, -0.05) is 48.1 Å². The quantitative estimate of drug-likeness (QED) is 0.507. The monoisotopic (exact) mass is 382 g/mol. The van der Waals surface area contributed by atoms with E-state index in [1.165, 1.54) is 0 Å². The summed E-state index contributed by atoms with van der Waals surface area (Å²) >= 11 is 6.92. The number of thioether (sulfide) groups is 1. The Bertz CT molecular complexity index is 810. The van der Waals surface area contributed by atoms with Gasteiger partial charge in [0.25, 0.3) is 0 Å². The molecule has 0 amide bonds. The summed E-state index contributed by atoms with van der Waals surface area (Å²) < 4.78 is 0. The van der Waals surface area contributed by atoms with Crippen molar-refractivity contribution in [2.24, 2.45) is 5.73 Å². The largest absolute Gasteiger partial charge is 0.480 e. The van der Waals surface area contributed by atoms with E-state index < -0.39 is 23.2 Å². The Labute approximate surface area is 152 Å². The van der Waals surface area contributed by atoms with E-state index in [2.05, 4.69) is 21.8 Å². The number of benzene rings is 1. The van der Waals surface area contributed by atoms with Gasteiger partial charge in [0.05, 0.1) is 0 Å². The third-order valence-electron chi connectivity index (χ3n) is 3.26. The fraction of sp³-hybridized carbons (Fsp3) is 0.200. The summed E-state index contributed by atoms with van der Waals surface area (Å²) in [6.45, 7) is 3.91. The zero-order chi connectivity index (χ0) is 18.6. The molecular formula is C15H15ClN4O4S. The summed E-state index contributed by atoms with van der Waals surface area (Å²) in [6, 6.07) is 5.77. The van der Waals surface area contributed by atoms with Crippen molar-refractivity contribution < 1.29 is 19.8 Å². The van der Waals surface area contributed by atoms with Gasteiger partial charge in [-0.2, -0.15) is 0 Å². The number of carboxylic acid groups (broad SMARTS) is 2. The molecule has 25 heavy (non-hydrogen) atoms. The van der Waals surface area contributed by atoms with E-state index in [1.807, 2.05) is 0 Å². The molecule has 0 saturated carbocycles. The molecule has 0 aliphatic rings. The van der Waals surface area contributed by atoms with E-state index in [1.54, 1.807) is 24.3 Å². The van der Waals surface area contributed by atoms with Crippen LogP contribution in [0.25, 0.3) is 5.57 Å². The third kappa shape index (κ3) is 4.81. The molecule has 5 N–H and O–H groups in total. The van der Waals surface area contributed by atoms with Crippen molar-refractivity contribution in [1.29, 1.82) is 0 Å². The number of aliphatic carboxylic acids is 2. The molecule has 1 aromatic heterocycles. The molecule has 1 unspecified atom stereocenters. The first-order chi connectivity index (χ1) is 11.8. The lowest BCUT2D eigenvalue weighted by molar-refractivity contribution is -0.139. The van der Waals surface area contributed by atoms with Gasteiger partial charge in [0.2, 0.25) is 5.16 Å². The maximum atomic E-state index is 11.3. The summed E-state index contributed by atoms with van der Waals surface area (Å²) in [6.07, 6.45) is -0.259. The van der Waals surface area contributed by atoms with E-state index >= 15 is 0 Å². The molecule has 2 rings (SSSR count). The number of hydrogen-bond acceptors (Lipinski definition) is 6. The molecule has 8 nitrogen and oxygen atoms in total. The zero-order valence-electron chi connectivity index (χ0n) is 12.8. The summed E-state index contributed by atoms with van der Waals surface area (Å²) in [5.41, 5.74) is 6.57. The molecular weight excluding hydrogens is 368 g/mol. The number of aromatic nitrogens is 3. The summed E-state index contributed by atoms with van der Waals surface area (Å²) in [4.78, 5) is 26.3. The van der Waals surface area contributed by atoms with Crippen LogP contribution in [0.4, 0.5) is 0 Å². The lowest BCUT2D eigenvalue weighted by atomic mass is 10.1. The highest BCUT2D eigenvalue weighted by molar-refractivity contribution is 8.00. The first-order valence-corrected chi connectivity index (χ1v) is 8.29. The molecule has 10 heteroatoms.